The third kappa shape index (κ3) is 4.46. The topological polar surface area (TPSA) is 29.9 Å². The normalized spacial score (nSPS) is 11.1. The molecular weight excluding hydrogens is 217 g/mol. The lowest BCUT2D eigenvalue weighted by atomic mass is 10.1. The number of unbranched alkanes of at least 4 members (excludes halogenated alkanes) is 4. The summed E-state index contributed by atoms with van der Waals surface area (Å²) < 4.78 is 14.9. The molecule has 0 aliphatic carbocycles. The molecule has 1 heterocycles. The number of hydrogen-bond acceptors (Lipinski definition) is 2. The fourth-order valence-electron chi connectivity index (χ4n) is 1.94. The van der Waals surface area contributed by atoms with E-state index in [0.29, 0.717) is 12.1 Å². The second kappa shape index (κ2) is 7.43. The van der Waals surface area contributed by atoms with Crippen molar-refractivity contribution in [1.29, 1.82) is 0 Å². The number of hydrogen-bond donors (Lipinski definition) is 1. The predicted octanol–water partition coefficient (Wildman–Crippen LogP) is 2.93. The number of aryl methyl sites for hydroxylation is 2. The van der Waals surface area contributed by atoms with Gasteiger partial charge in [-0.25, -0.2) is 4.68 Å². The molecule has 0 aromatic carbocycles. The van der Waals surface area contributed by atoms with Crippen molar-refractivity contribution < 1.29 is 4.39 Å². The molecule has 0 aliphatic heterocycles. The first-order valence-electron chi connectivity index (χ1n) is 6.55. The van der Waals surface area contributed by atoms with Crippen LogP contribution in [-0.4, -0.2) is 16.3 Å². The maximum Gasteiger partial charge on any atom is 0.215 e. The van der Waals surface area contributed by atoms with Gasteiger partial charge in [-0.3, -0.25) is 0 Å². The first-order chi connectivity index (χ1) is 8.16. The summed E-state index contributed by atoms with van der Waals surface area (Å²) in [6.07, 6.45) is 6.32. The molecule has 1 N–H and O–H groups in total. The molecule has 0 unspecified atom stereocenters. The van der Waals surface area contributed by atoms with E-state index >= 15 is 0 Å². The predicted molar refractivity (Wildman–Crippen MR) is 68.4 cm³/mol. The summed E-state index contributed by atoms with van der Waals surface area (Å²) in [6.45, 7) is 5.60. The van der Waals surface area contributed by atoms with Crippen molar-refractivity contribution in [2.45, 2.75) is 52.5 Å². The van der Waals surface area contributed by atoms with Gasteiger partial charge in [0, 0.05) is 19.2 Å². The minimum absolute atomic E-state index is 0.221. The van der Waals surface area contributed by atoms with Crippen LogP contribution >= 0.6 is 0 Å². The Morgan fingerprint density at radius 2 is 1.94 bits per heavy atom. The monoisotopic (exact) mass is 241 g/mol. The number of nitrogens with zero attached hydrogens (tertiary/aromatic N) is 2. The molecule has 0 amide bonds. The molecular formula is C13H24FN3. The molecule has 17 heavy (non-hydrogen) atoms. The molecule has 1 rings (SSSR count). The lowest BCUT2D eigenvalue weighted by molar-refractivity contribution is 0.488. The number of halogens is 1. The second-order valence-electron chi connectivity index (χ2n) is 4.57. The smallest absolute Gasteiger partial charge is 0.215 e. The molecule has 4 heteroatoms. The zero-order valence-electron chi connectivity index (χ0n) is 11.2. The first-order valence-corrected chi connectivity index (χ1v) is 6.55. The van der Waals surface area contributed by atoms with E-state index in [-0.39, 0.29) is 5.95 Å². The summed E-state index contributed by atoms with van der Waals surface area (Å²) in [5.74, 6) is -0.221. The van der Waals surface area contributed by atoms with Crippen LogP contribution in [0.3, 0.4) is 0 Å². The zero-order chi connectivity index (χ0) is 12.7. The van der Waals surface area contributed by atoms with E-state index in [9.17, 15) is 4.39 Å². The maximum atomic E-state index is 13.6. The Labute approximate surface area is 103 Å². The lowest BCUT2D eigenvalue weighted by Crippen LogP contribution is -2.16. The molecule has 1 aromatic heterocycles. The standard InChI is InChI=1S/C13H24FN3/c1-4-5-6-7-8-9-15-10-12-11(2)16-17(3)13(12)14/h15H,4-10H2,1-3H3. The Kier molecular flexibility index (Phi) is 6.19. The molecule has 0 aliphatic rings. The van der Waals surface area contributed by atoms with Gasteiger partial charge >= 0.3 is 0 Å². The summed E-state index contributed by atoms with van der Waals surface area (Å²) in [6, 6.07) is 0. The molecule has 0 fully saturated rings. The van der Waals surface area contributed by atoms with Gasteiger partial charge < -0.3 is 5.32 Å². The van der Waals surface area contributed by atoms with Crippen LogP contribution in [0, 0.1) is 12.9 Å². The minimum Gasteiger partial charge on any atom is -0.312 e. The summed E-state index contributed by atoms with van der Waals surface area (Å²) in [5, 5.41) is 7.33. The number of rotatable bonds is 8. The largest absolute Gasteiger partial charge is 0.312 e. The highest BCUT2D eigenvalue weighted by molar-refractivity contribution is 5.16. The van der Waals surface area contributed by atoms with Crippen molar-refractivity contribution in [3.63, 3.8) is 0 Å². The summed E-state index contributed by atoms with van der Waals surface area (Å²) in [5.41, 5.74) is 1.48. The third-order valence-corrected chi connectivity index (χ3v) is 3.03. The SMILES string of the molecule is CCCCCCCNCc1c(C)nn(C)c1F. The highest BCUT2D eigenvalue weighted by atomic mass is 19.1. The number of aromatic nitrogens is 2. The second-order valence-corrected chi connectivity index (χ2v) is 4.57. The van der Waals surface area contributed by atoms with Crippen molar-refractivity contribution in [3.8, 4) is 0 Å². The molecule has 0 bridgehead atoms. The van der Waals surface area contributed by atoms with E-state index in [2.05, 4.69) is 17.3 Å². The summed E-state index contributed by atoms with van der Waals surface area (Å²) in [4.78, 5) is 0. The molecule has 98 valence electrons. The Hall–Kier alpha value is -0.900. The molecule has 3 nitrogen and oxygen atoms in total. The average Bonchev–Trinajstić information content (AvgIpc) is 2.54. The van der Waals surface area contributed by atoms with Crippen LogP contribution in [0.1, 0.15) is 50.3 Å². The Bertz CT molecular complexity index is 334. The van der Waals surface area contributed by atoms with Crippen molar-refractivity contribution in [3.05, 3.63) is 17.2 Å². The van der Waals surface area contributed by atoms with Crippen LogP contribution in [-0.2, 0) is 13.6 Å². The molecule has 1 aromatic rings. The van der Waals surface area contributed by atoms with Crippen LogP contribution in [0.2, 0.25) is 0 Å². The van der Waals surface area contributed by atoms with Gasteiger partial charge in [-0.05, 0) is 19.9 Å². The molecule has 0 radical (unpaired) electrons. The molecule has 0 saturated carbocycles. The van der Waals surface area contributed by atoms with E-state index in [1.54, 1.807) is 7.05 Å². The van der Waals surface area contributed by atoms with Gasteiger partial charge in [0.05, 0.1) is 5.69 Å². The Balaban J connectivity index is 2.18. The lowest BCUT2D eigenvalue weighted by Gasteiger charge is -2.04. The quantitative estimate of drug-likeness (QED) is 0.709. The zero-order valence-corrected chi connectivity index (χ0v) is 11.2. The Morgan fingerprint density at radius 1 is 1.24 bits per heavy atom. The summed E-state index contributed by atoms with van der Waals surface area (Å²) in [7, 11) is 1.64. The van der Waals surface area contributed by atoms with Gasteiger partial charge in [-0.2, -0.15) is 9.49 Å². The molecule has 0 saturated heterocycles. The highest BCUT2D eigenvalue weighted by Crippen LogP contribution is 2.10. The third-order valence-electron chi connectivity index (χ3n) is 3.03. The van der Waals surface area contributed by atoms with E-state index in [4.69, 9.17) is 0 Å². The van der Waals surface area contributed by atoms with E-state index in [1.807, 2.05) is 6.92 Å². The average molecular weight is 241 g/mol. The maximum absolute atomic E-state index is 13.6. The highest BCUT2D eigenvalue weighted by Gasteiger charge is 2.11. The molecule has 0 atom stereocenters. The van der Waals surface area contributed by atoms with Gasteiger partial charge in [0.1, 0.15) is 0 Å². The van der Waals surface area contributed by atoms with Crippen LogP contribution in [0.25, 0.3) is 0 Å². The number of nitrogens with one attached hydrogen (secondary N) is 1. The molecule has 0 spiro atoms. The van der Waals surface area contributed by atoms with Gasteiger partial charge in [-0.1, -0.05) is 32.6 Å². The fourth-order valence-corrected chi connectivity index (χ4v) is 1.94. The van der Waals surface area contributed by atoms with Crippen molar-refractivity contribution in [2.75, 3.05) is 6.54 Å². The van der Waals surface area contributed by atoms with Gasteiger partial charge in [-0.15, -0.1) is 0 Å². The van der Waals surface area contributed by atoms with Gasteiger partial charge in [0.15, 0.2) is 0 Å². The first kappa shape index (κ1) is 14.2. The summed E-state index contributed by atoms with van der Waals surface area (Å²) >= 11 is 0. The van der Waals surface area contributed by atoms with Crippen LogP contribution in [0.4, 0.5) is 4.39 Å². The van der Waals surface area contributed by atoms with Crippen molar-refractivity contribution in [2.24, 2.45) is 7.05 Å². The minimum atomic E-state index is -0.221. The van der Waals surface area contributed by atoms with Gasteiger partial charge in [0.2, 0.25) is 5.95 Å². The Morgan fingerprint density at radius 3 is 2.53 bits per heavy atom. The van der Waals surface area contributed by atoms with Crippen molar-refractivity contribution >= 4 is 0 Å². The van der Waals surface area contributed by atoms with Gasteiger partial charge in [0.25, 0.3) is 0 Å². The van der Waals surface area contributed by atoms with Crippen molar-refractivity contribution in [1.82, 2.24) is 15.1 Å². The van der Waals surface area contributed by atoms with E-state index in [1.165, 1.54) is 36.8 Å². The van der Waals surface area contributed by atoms with E-state index < -0.39 is 0 Å². The van der Waals surface area contributed by atoms with Crippen LogP contribution in [0.5, 0.6) is 0 Å². The van der Waals surface area contributed by atoms with Crippen LogP contribution < -0.4 is 5.32 Å². The van der Waals surface area contributed by atoms with E-state index in [0.717, 1.165) is 12.2 Å². The van der Waals surface area contributed by atoms with Crippen LogP contribution in [0.15, 0.2) is 0 Å². The fraction of sp³-hybridized carbons (Fsp3) is 0.769.